The van der Waals surface area contributed by atoms with Crippen LogP contribution in [0.1, 0.15) is 16.1 Å². The fraction of sp³-hybridized carbons (Fsp3) is 0.455. The van der Waals surface area contributed by atoms with Crippen LogP contribution in [0, 0.1) is 0 Å². The number of carbonyl (C=O) groups is 1. The molecule has 5 nitrogen and oxygen atoms in total. The van der Waals surface area contributed by atoms with E-state index in [1.807, 2.05) is 0 Å². The van der Waals surface area contributed by atoms with E-state index in [4.69, 9.17) is 9.84 Å². The van der Waals surface area contributed by atoms with Gasteiger partial charge in [0.25, 0.3) is 0 Å². The van der Waals surface area contributed by atoms with Gasteiger partial charge in [-0.3, -0.25) is 9.88 Å². The van der Waals surface area contributed by atoms with Crippen LogP contribution >= 0.6 is 0 Å². The number of nitrogens with zero attached hydrogens (tertiary/aromatic N) is 2. The largest absolute Gasteiger partial charge is 0.478 e. The number of carboxylic acids is 1. The third kappa shape index (κ3) is 2.77. The van der Waals surface area contributed by atoms with E-state index >= 15 is 0 Å². The van der Waals surface area contributed by atoms with E-state index < -0.39 is 5.97 Å². The number of ether oxygens (including phenoxy) is 1. The number of aromatic nitrogens is 1. The molecular weight excluding hydrogens is 208 g/mol. The van der Waals surface area contributed by atoms with Gasteiger partial charge in [-0.05, 0) is 12.1 Å². The number of hydrogen-bond donors (Lipinski definition) is 1. The average Bonchev–Trinajstić information content (AvgIpc) is 2.30. The molecule has 1 N–H and O–H groups in total. The van der Waals surface area contributed by atoms with Crippen molar-refractivity contribution in [1.29, 1.82) is 0 Å². The number of aromatic carboxylic acids is 1. The summed E-state index contributed by atoms with van der Waals surface area (Å²) >= 11 is 0. The fourth-order valence-corrected chi connectivity index (χ4v) is 1.69. The Bertz CT molecular complexity index is 375. The maximum atomic E-state index is 10.8. The van der Waals surface area contributed by atoms with Gasteiger partial charge in [0, 0.05) is 25.8 Å². The summed E-state index contributed by atoms with van der Waals surface area (Å²) in [5.74, 6) is -0.911. The first-order valence-corrected chi connectivity index (χ1v) is 5.24. The Morgan fingerprint density at radius 3 is 2.94 bits per heavy atom. The Labute approximate surface area is 93.7 Å². The van der Waals surface area contributed by atoms with Gasteiger partial charge in [0.05, 0.1) is 24.5 Å². The Morgan fingerprint density at radius 1 is 1.50 bits per heavy atom. The molecule has 1 aliphatic heterocycles. The molecule has 0 aliphatic carbocycles. The summed E-state index contributed by atoms with van der Waals surface area (Å²) < 4.78 is 5.24. The molecule has 0 amide bonds. The molecule has 1 aromatic heterocycles. The maximum Gasteiger partial charge on any atom is 0.335 e. The quantitative estimate of drug-likeness (QED) is 0.812. The first-order valence-electron chi connectivity index (χ1n) is 5.24. The second-order valence-electron chi connectivity index (χ2n) is 3.73. The highest BCUT2D eigenvalue weighted by molar-refractivity contribution is 5.87. The molecule has 0 radical (unpaired) electrons. The van der Waals surface area contributed by atoms with Crippen molar-refractivity contribution >= 4 is 5.97 Å². The predicted octanol–water partition coefficient (Wildman–Crippen LogP) is 0.612. The van der Waals surface area contributed by atoms with Crippen molar-refractivity contribution in [2.24, 2.45) is 0 Å². The molecule has 2 rings (SSSR count). The van der Waals surface area contributed by atoms with E-state index in [2.05, 4.69) is 9.88 Å². The lowest BCUT2D eigenvalue weighted by Gasteiger charge is -2.26. The Hall–Kier alpha value is -1.46. The molecule has 86 valence electrons. The highest BCUT2D eigenvalue weighted by Gasteiger charge is 2.12. The molecule has 5 heteroatoms. The van der Waals surface area contributed by atoms with Crippen LogP contribution in [0.5, 0.6) is 0 Å². The van der Waals surface area contributed by atoms with Gasteiger partial charge in [-0.2, -0.15) is 0 Å². The van der Waals surface area contributed by atoms with Crippen LogP contribution in [0.4, 0.5) is 0 Å². The van der Waals surface area contributed by atoms with Gasteiger partial charge in [-0.15, -0.1) is 0 Å². The monoisotopic (exact) mass is 222 g/mol. The maximum absolute atomic E-state index is 10.8. The van der Waals surface area contributed by atoms with Crippen LogP contribution < -0.4 is 0 Å². The van der Waals surface area contributed by atoms with E-state index in [9.17, 15) is 4.79 Å². The van der Waals surface area contributed by atoms with Gasteiger partial charge < -0.3 is 9.84 Å². The zero-order valence-corrected chi connectivity index (χ0v) is 8.93. The predicted molar refractivity (Wildman–Crippen MR) is 57.3 cm³/mol. The first-order chi connectivity index (χ1) is 7.75. The summed E-state index contributed by atoms with van der Waals surface area (Å²) in [6, 6.07) is 3.13. The second-order valence-corrected chi connectivity index (χ2v) is 3.73. The number of hydrogen-bond acceptors (Lipinski definition) is 4. The van der Waals surface area contributed by atoms with E-state index in [0.717, 1.165) is 32.0 Å². The van der Waals surface area contributed by atoms with Crippen LogP contribution in [0.25, 0.3) is 0 Å². The van der Waals surface area contributed by atoms with Crippen LogP contribution in [0.2, 0.25) is 0 Å². The summed E-state index contributed by atoms with van der Waals surface area (Å²) in [7, 11) is 0. The van der Waals surface area contributed by atoms with Crippen LogP contribution in [-0.2, 0) is 11.3 Å². The Morgan fingerprint density at radius 2 is 2.25 bits per heavy atom. The van der Waals surface area contributed by atoms with Crippen molar-refractivity contribution < 1.29 is 14.6 Å². The average molecular weight is 222 g/mol. The van der Waals surface area contributed by atoms with Crippen molar-refractivity contribution in [1.82, 2.24) is 9.88 Å². The fourth-order valence-electron chi connectivity index (χ4n) is 1.69. The van der Waals surface area contributed by atoms with Gasteiger partial charge >= 0.3 is 5.97 Å². The molecule has 1 fully saturated rings. The standard InChI is InChI=1S/C11H14N2O3/c14-11(15)9-1-2-12-10(7-9)8-13-3-5-16-6-4-13/h1-2,7H,3-6,8H2,(H,14,15). The summed E-state index contributed by atoms with van der Waals surface area (Å²) in [4.78, 5) is 17.2. The normalized spacial score (nSPS) is 17.2. The summed E-state index contributed by atoms with van der Waals surface area (Å²) in [5.41, 5.74) is 1.08. The zero-order valence-electron chi connectivity index (χ0n) is 8.93. The van der Waals surface area contributed by atoms with Crippen molar-refractivity contribution in [2.75, 3.05) is 26.3 Å². The minimum Gasteiger partial charge on any atom is -0.478 e. The molecule has 1 saturated heterocycles. The number of pyridine rings is 1. The highest BCUT2D eigenvalue weighted by Crippen LogP contribution is 2.07. The third-order valence-corrected chi connectivity index (χ3v) is 2.55. The SMILES string of the molecule is O=C(O)c1ccnc(CN2CCOCC2)c1. The van der Waals surface area contributed by atoms with Crippen LogP contribution in [-0.4, -0.2) is 47.3 Å². The van der Waals surface area contributed by atoms with Crippen molar-refractivity contribution in [3.8, 4) is 0 Å². The summed E-state index contributed by atoms with van der Waals surface area (Å²) in [6.45, 7) is 3.90. The lowest BCUT2D eigenvalue weighted by Crippen LogP contribution is -2.35. The number of rotatable bonds is 3. The molecule has 1 aromatic rings. The molecule has 1 aliphatic rings. The Balaban J connectivity index is 2.02. The van der Waals surface area contributed by atoms with E-state index in [1.165, 1.54) is 6.07 Å². The molecule has 0 unspecified atom stereocenters. The van der Waals surface area contributed by atoms with Crippen molar-refractivity contribution in [3.05, 3.63) is 29.6 Å². The molecule has 0 spiro atoms. The van der Waals surface area contributed by atoms with Gasteiger partial charge in [0.1, 0.15) is 0 Å². The van der Waals surface area contributed by atoms with E-state index in [1.54, 1.807) is 12.3 Å². The molecule has 0 saturated carbocycles. The third-order valence-electron chi connectivity index (χ3n) is 2.55. The summed E-state index contributed by atoms with van der Waals surface area (Å²) in [5, 5.41) is 8.85. The zero-order chi connectivity index (χ0) is 11.4. The highest BCUT2D eigenvalue weighted by atomic mass is 16.5. The number of morpholine rings is 1. The molecule has 16 heavy (non-hydrogen) atoms. The molecule has 0 aromatic carbocycles. The van der Waals surface area contributed by atoms with Crippen molar-refractivity contribution in [2.45, 2.75) is 6.54 Å². The van der Waals surface area contributed by atoms with Gasteiger partial charge in [-0.1, -0.05) is 0 Å². The molecule has 0 atom stereocenters. The number of carboxylic acid groups (broad SMARTS) is 1. The topological polar surface area (TPSA) is 62.7 Å². The van der Waals surface area contributed by atoms with E-state index in [-0.39, 0.29) is 0 Å². The van der Waals surface area contributed by atoms with Crippen LogP contribution in [0.3, 0.4) is 0 Å². The van der Waals surface area contributed by atoms with Crippen LogP contribution in [0.15, 0.2) is 18.3 Å². The second kappa shape index (κ2) is 5.05. The van der Waals surface area contributed by atoms with Gasteiger partial charge in [0.2, 0.25) is 0 Å². The minimum absolute atomic E-state index is 0.290. The van der Waals surface area contributed by atoms with Gasteiger partial charge in [-0.25, -0.2) is 4.79 Å². The molecule has 0 bridgehead atoms. The Kier molecular flexibility index (Phi) is 3.48. The minimum atomic E-state index is -0.911. The lowest BCUT2D eigenvalue weighted by atomic mass is 10.2. The van der Waals surface area contributed by atoms with Crippen molar-refractivity contribution in [3.63, 3.8) is 0 Å². The van der Waals surface area contributed by atoms with E-state index in [0.29, 0.717) is 12.1 Å². The first kappa shape index (κ1) is 11.0. The van der Waals surface area contributed by atoms with Gasteiger partial charge in [0.15, 0.2) is 0 Å². The molecular formula is C11H14N2O3. The lowest BCUT2D eigenvalue weighted by molar-refractivity contribution is 0.0336. The summed E-state index contributed by atoms with van der Waals surface area (Å²) in [6.07, 6.45) is 1.54. The smallest absolute Gasteiger partial charge is 0.335 e. The molecule has 2 heterocycles.